The van der Waals surface area contributed by atoms with Gasteiger partial charge in [-0.2, -0.15) is 0 Å². The summed E-state index contributed by atoms with van der Waals surface area (Å²) in [7, 11) is 0. The van der Waals surface area contributed by atoms with Crippen molar-refractivity contribution in [2.75, 3.05) is 5.32 Å². The molecule has 0 aliphatic rings. The molecule has 5 rings (SSSR count). The summed E-state index contributed by atoms with van der Waals surface area (Å²) in [4.78, 5) is 8.05. The minimum atomic E-state index is 0.780. The molecule has 2 N–H and O–H groups in total. The fourth-order valence-electron chi connectivity index (χ4n) is 3.63. The van der Waals surface area contributed by atoms with Crippen LogP contribution in [0.4, 0.5) is 11.5 Å². The molecule has 144 valence electrons. The Kier molecular flexibility index (Phi) is 3.91. The summed E-state index contributed by atoms with van der Waals surface area (Å²) < 4.78 is 1.88. The van der Waals surface area contributed by atoms with Crippen molar-refractivity contribution in [2.24, 2.45) is 0 Å². The number of aromatic nitrogens is 4. The van der Waals surface area contributed by atoms with Gasteiger partial charge in [0.2, 0.25) is 0 Å². The Morgan fingerprint density at radius 3 is 2.45 bits per heavy atom. The van der Waals surface area contributed by atoms with Crippen LogP contribution in [-0.4, -0.2) is 19.6 Å². The minimum Gasteiger partial charge on any atom is -0.353 e. The molecular weight excluding hydrogens is 358 g/mol. The number of hydrogen-bond acceptors (Lipinski definition) is 3. The Balaban J connectivity index is 1.56. The third-order valence-electron chi connectivity index (χ3n) is 5.65. The van der Waals surface area contributed by atoms with Gasteiger partial charge in [-0.05, 0) is 92.4 Å². The molecule has 29 heavy (non-hydrogen) atoms. The monoisotopic (exact) mass is 381 g/mol. The van der Waals surface area contributed by atoms with Crippen LogP contribution in [0.3, 0.4) is 0 Å². The van der Waals surface area contributed by atoms with Crippen molar-refractivity contribution in [2.45, 2.75) is 27.7 Å². The normalized spacial score (nSPS) is 11.4. The summed E-state index contributed by atoms with van der Waals surface area (Å²) in [5.41, 5.74) is 10.0. The average molecular weight is 381 g/mol. The van der Waals surface area contributed by atoms with Crippen molar-refractivity contribution in [1.82, 2.24) is 19.6 Å². The van der Waals surface area contributed by atoms with Crippen LogP contribution in [0.25, 0.3) is 27.9 Å². The summed E-state index contributed by atoms with van der Waals surface area (Å²) in [5.74, 6) is 0.780. The molecule has 0 bridgehead atoms. The van der Waals surface area contributed by atoms with Gasteiger partial charge < -0.3 is 10.3 Å². The van der Waals surface area contributed by atoms with E-state index in [-0.39, 0.29) is 0 Å². The van der Waals surface area contributed by atoms with Crippen LogP contribution in [0.1, 0.15) is 22.3 Å². The zero-order valence-electron chi connectivity index (χ0n) is 17.0. The molecule has 3 heterocycles. The van der Waals surface area contributed by atoms with Crippen LogP contribution < -0.4 is 5.32 Å². The second-order valence-corrected chi connectivity index (χ2v) is 7.76. The van der Waals surface area contributed by atoms with Crippen molar-refractivity contribution >= 4 is 28.1 Å². The highest BCUT2D eigenvalue weighted by Crippen LogP contribution is 2.27. The molecule has 0 aliphatic carbocycles. The summed E-state index contributed by atoms with van der Waals surface area (Å²) in [6.07, 6.45) is 1.87. The first kappa shape index (κ1) is 17.5. The fourth-order valence-corrected chi connectivity index (χ4v) is 3.63. The summed E-state index contributed by atoms with van der Waals surface area (Å²) in [6.45, 7) is 8.51. The van der Waals surface area contributed by atoms with Gasteiger partial charge >= 0.3 is 0 Å². The van der Waals surface area contributed by atoms with E-state index in [2.05, 4.69) is 79.4 Å². The van der Waals surface area contributed by atoms with E-state index in [1.54, 1.807) is 0 Å². The zero-order valence-corrected chi connectivity index (χ0v) is 17.0. The number of aromatic amines is 1. The van der Waals surface area contributed by atoms with Crippen LogP contribution in [-0.2, 0) is 0 Å². The molecule has 3 aromatic heterocycles. The first-order valence-corrected chi connectivity index (χ1v) is 9.77. The Hall–Kier alpha value is -3.60. The number of hydrogen-bond donors (Lipinski definition) is 2. The molecule has 0 radical (unpaired) electrons. The number of aryl methyl sites for hydroxylation is 4. The van der Waals surface area contributed by atoms with Gasteiger partial charge in [-0.3, -0.25) is 0 Å². The summed E-state index contributed by atoms with van der Waals surface area (Å²) in [6, 6.07) is 16.8. The fraction of sp³-hybridized carbons (Fsp3) is 0.167. The minimum absolute atomic E-state index is 0.780. The SMILES string of the molecule is Cc1ccc(Nc2ccc3ncc(-c4cc5cc(C)c(C)cc5[nH]4)n3n2)cc1C. The highest BCUT2D eigenvalue weighted by molar-refractivity contribution is 5.86. The highest BCUT2D eigenvalue weighted by atomic mass is 15.3. The predicted octanol–water partition coefficient (Wildman–Crippen LogP) is 5.85. The highest BCUT2D eigenvalue weighted by Gasteiger charge is 2.12. The van der Waals surface area contributed by atoms with Gasteiger partial charge in [0.15, 0.2) is 11.5 Å². The topological polar surface area (TPSA) is 58.0 Å². The molecule has 5 nitrogen and oxygen atoms in total. The average Bonchev–Trinajstić information content (AvgIpc) is 3.28. The van der Waals surface area contributed by atoms with Crippen molar-refractivity contribution in [3.8, 4) is 11.4 Å². The number of nitrogens with zero attached hydrogens (tertiary/aromatic N) is 3. The standard InChI is InChI=1S/C24H23N5/c1-14-5-6-19(10-16(14)3)26-23-7-8-24-25-13-22(29(24)28-23)21-12-18-9-15(2)17(4)11-20(18)27-21/h5-13,27H,1-4H3,(H,26,28). The maximum Gasteiger partial charge on any atom is 0.154 e. The van der Waals surface area contributed by atoms with Crippen LogP contribution in [0, 0.1) is 27.7 Å². The molecule has 0 saturated heterocycles. The van der Waals surface area contributed by atoms with Gasteiger partial charge in [-0.25, -0.2) is 9.50 Å². The number of fused-ring (bicyclic) bond motifs is 2. The van der Waals surface area contributed by atoms with E-state index in [1.807, 2.05) is 22.8 Å². The van der Waals surface area contributed by atoms with Gasteiger partial charge in [-0.15, -0.1) is 5.10 Å². The van der Waals surface area contributed by atoms with E-state index in [4.69, 9.17) is 5.10 Å². The molecule has 0 fully saturated rings. The smallest absolute Gasteiger partial charge is 0.154 e. The Morgan fingerprint density at radius 2 is 1.62 bits per heavy atom. The number of imidazole rings is 1. The second-order valence-electron chi connectivity index (χ2n) is 7.76. The number of nitrogens with one attached hydrogen (secondary N) is 2. The van der Waals surface area contributed by atoms with Crippen LogP contribution in [0.5, 0.6) is 0 Å². The molecule has 0 saturated carbocycles. The van der Waals surface area contributed by atoms with E-state index in [1.165, 1.54) is 27.6 Å². The van der Waals surface area contributed by atoms with Gasteiger partial charge in [0.1, 0.15) is 5.69 Å². The third-order valence-corrected chi connectivity index (χ3v) is 5.65. The maximum atomic E-state index is 4.79. The lowest BCUT2D eigenvalue weighted by atomic mass is 10.1. The first-order chi connectivity index (χ1) is 14.0. The largest absolute Gasteiger partial charge is 0.353 e. The number of benzene rings is 2. The number of rotatable bonds is 3. The van der Waals surface area contributed by atoms with Crippen molar-refractivity contribution in [3.63, 3.8) is 0 Å². The Morgan fingerprint density at radius 1 is 0.828 bits per heavy atom. The molecule has 0 unspecified atom stereocenters. The summed E-state index contributed by atoms with van der Waals surface area (Å²) in [5, 5.41) is 9.39. The lowest BCUT2D eigenvalue weighted by Crippen LogP contribution is -2.00. The van der Waals surface area contributed by atoms with E-state index in [0.29, 0.717) is 0 Å². The quantitative estimate of drug-likeness (QED) is 0.412. The molecule has 0 spiro atoms. The van der Waals surface area contributed by atoms with Gasteiger partial charge in [-0.1, -0.05) is 6.07 Å². The van der Waals surface area contributed by atoms with Gasteiger partial charge in [0.25, 0.3) is 0 Å². The molecule has 0 atom stereocenters. The predicted molar refractivity (Wildman–Crippen MR) is 119 cm³/mol. The van der Waals surface area contributed by atoms with Crippen LogP contribution >= 0.6 is 0 Å². The lowest BCUT2D eigenvalue weighted by molar-refractivity contribution is 0.945. The van der Waals surface area contributed by atoms with Crippen molar-refractivity contribution in [3.05, 3.63) is 77.0 Å². The molecule has 0 amide bonds. The van der Waals surface area contributed by atoms with E-state index in [9.17, 15) is 0 Å². The molecule has 5 aromatic rings. The van der Waals surface area contributed by atoms with E-state index in [0.717, 1.165) is 34.1 Å². The number of anilines is 2. The van der Waals surface area contributed by atoms with Crippen LogP contribution in [0.2, 0.25) is 0 Å². The molecule has 0 aliphatic heterocycles. The lowest BCUT2D eigenvalue weighted by Gasteiger charge is -2.09. The van der Waals surface area contributed by atoms with Crippen molar-refractivity contribution in [1.29, 1.82) is 0 Å². The maximum absolute atomic E-state index is 4.79. The second kappa shape index (κ2) is 6.48. The van der Waals surface area contributed by atoms with Crippen LogP contribution in [0.15, 0.2) is 54.7 Å². The molecular formula is C24H23N5. The Labute approximate surface area is 169 Å². The zero-order chi connectivity index (χ0) is 20.1. The van der Waals surface area contributed by atoms with Crippen molar-refractivity contribution < 1.29 is 0 Å². The molecule has 2 aromatic carbocycles. The number of H-pyrrole nitrogens is 1. The molecule has 5 heteroatoms. The van der Waals surface area contributed by atoms with E-state index < -0.39 is 0 Å². The van der Waals surface area contributed by atoms with Gasteiger partial charge in [0, 0.05) is 16.6 Å². The third kappa shape index (κ3) is 3.05. The van der Waals surface area contributed by atoms with E-state index >= 15 is 0 Å². The first-order valence-electron chi connectivity index (χ1n) is 9.77. The Bertz CT molecular complexity index is 1330. The van der Waals surface area contributed by atoms with Gasteiger partial charge in [0.05, 0.1) is 11.9 Å². The summed E-state index contributed by atoms with van der Waals surface area (Å²) >= 11 is 0.